The zero-order valence-electron chi connectivity index (χ0n) is 14.4. The van der Waals surface area contributed by atoms with E-state index in [1.54, 1.807) is 24.1 Å². The van der Waals surface area contributed by atoms with Gasteiger partial charge < -0.3 is 10.1 Å². The largest absolute Gasteiger partial charge is 0.381 e. The number of carbonyl (C=O) groups is 1. The van der Waals surface area contributed by atoms with E-state index in [1.165, 1.54) is 12.8 Å². The molecule has 0 unspecified atom stereocenters. The van der Waals surface area contributed by atoms with Gasteiger partial charge in [-0.2, -0.15) is 5.10 Å². The second-order valence-electron chi connectivity index (χ2n) is 6.95. The average molecular weight is 341 g/mol. The Balaban J connectivity index is 1.42. The van der Waals surface area contributed by atoms with Crippen molar-refractivity contribution in [1.82, 2.24) is 19.7 Å². The number of carbonyl (C=O) groups excluding carboxylic acids is 1. The number of nitrogens with one attached hydrogen (secondary N) is 1. The fourth-order valence-electron chi connectivity index (χ4n) is 3.19. The van der Waals surface area contributed by atoms with Crippen LogP contribution in [0.1, 0.15) is 53.6 Å². The lowest BCUT2D eigenvalue weighted by molar-refractivity contribution is 0.0844. The fourth-order valence-corrected chi connectivity index (χ4v) is 3.19. The van der Waals surface area contributed by atoms with Crippen LogP contribution in [0.3, 0.4) is 0 Å². The van der Waals surface area contributed by atoms with E-state index in [4.69, 9.17) is 4.74 Å². The maximum atomic E-state index is 12.6. The number of aromatic nitrogens is 4. The predicted octanol–water partition coefficient (Wildman–Crippen LogP) is 2.31. The maximum absolute atomic E-state index is 12.6. The van der Waals surface area contributed by atoms with Gasteiger partial charge in [0, 0.05) is 32.6 Å². The van der Waals surface area contributed by atoms with Crippen molar-refractivity contribution >= 4 is 11.6 Å². The van der Waals surface area contributed by atoms with Crippen LogP contribution in [0.15, 0.2) is 18.5 Å². The van der Waals surface area contributed by atoms with Crippen LogP contribution in [0, 0.1) is 5.92 Å². The third kappa shape index (κ3) is 3.87. The van der Waals surface area contributed by atoms with Crippen molar-refractivity contribution in [3.63, 3.8) is 0 Å². The number of rotatable bonds is 5. The quantitative estimate of drug-likeness (QED) is 0.902. The second-order valence-corrected chi connectivity index (χ2v) is 6.95. The molecule has 2 aromatic rings. The number of nitrogens with zero attached hydrogens (tertiary/aromatic N) is 4. The third-order valence-electron chi connectivity index (χ3n) is 4.90. The number of anilines is 1. The molecule has 1 aliphatic carbocycles. The molecule has 1 saturated heterocycles. The average Bonchev–Trinajstić information content (AvgIpc) is 3.36. The highest BCUT2D eigenvalue weighted by molar-refractivity contribution is 6.02. The molecule has 0 atom stereocenters. The zero-order chi connectivity index (χ0) is 17.2. The van der Waals surface area contributed by atoms with Gasteiger partial charge in [-0.05, 0) is 37.7 Å². The van der Waals surface area contributed by atoms with E-state index in [0.717, 1.165) is 49.9 Å². The van der Waals surface area contributed by atoms with E-state index in [-0.39, 0.29) is 5.91 Å². The van der Waals surface area contributed by atoms with Gasteiger partial charge in [0.1, 0.15) is 11.5 Å². The van der Waals surface area contributed by atoms with E-state index in [1.807, 2.05) is 6.07 Å². The van der Waals surface area contributed by atoms with Crippen molar-refractivity contribution in [1.29, 1.82) is 0 Å². The van der Waals surface area contributed by atoms with E-state index in [2.05, 4.69) is 20.4 Å². The summed E-state index contributed by atoms with van der Waals surface area (Å²) in [7, 11) is 1.80. The van der Waals surface area contributed by atoms with E-state index in [0.29, 0.717) is 17.3 Å². The summed E-state index contributed by atoms with van der Waals surface area (Å²) in [6.45, 7) is 1.51. The fraction of sp³-hybridized carbons (Fsp3) is 0.556. The number of hydrogen-bond acceptors (Lipinski definition) is 5. The Morgan fingerprint density at radius 1 is 1.24 bits per heavy atom. The molecule has 25 heavy (non-hydrogen) atoms. The van der Waals surface area contributed by atoms with Crippen molar-refractivity contribution in [2.45, 2.75) is 38.0 Å². The first kappa shape index (κ1) is 16.2. The molecule has 7 heteroatoms. The van der Waals surface area contributed by atoms with Crippen LogP contribution in [-0.4, -0.2) is 38.9 Å². The van der Waals surface area contributed by atoms with Gasteiger partial charge >= 0.3 is 0 Å². The Morgan fingerprint density at radius 3 is 2.64 bits per heavy atom. The first-order valence-corrected chi connectivity index (χ1v) is 8.93. The predicted molar refractivity (Wildman–Crippen MR) is 92.4 cm³/mol. The summed E-state index contributed by atoms with van der Waals surface area (Å²) < 4.78 is 7.04. The van der Waals surface area contributed by atoms with Crippen LogP contribution in [0.2, 0.25) is 0 Å². The first-order chi connectivity index (χ1) is 12.2. The highest BCUT2D eigenvalue weighted by Gasteiger charge is 2.23. The third-order valence-corrected chi connectivity index (χ3v) is 4.90. The summed E-state index contributed by atoms with van der Waals surface area (Å²) in [6, 6.07) is 1.88. The Labute approximate surface area is 146 Å². The zero-order valence-corrected chi connectivity index (χ0v) is 14.4. The van der Waals surface area contributed by atoms with Crippen molar-refractivity contribution in [3.05, 3.63) is 35.7 Å². The van der Waals surface area contributed by atoms with Gasteiger partial charge in [-0.15, -0.1) is 0 Å². The lowest BCUT2D eigenvalue weighted by Crippen LogP contribution is -2.16. The summed E-state index contributed by atoms with van der Waals surface area (Å²) in [5.41, 5.74) is 2.12. The minimum absolute atomic E-state index is 0.188. The number of hydrogen-bond donors (Lipinski definition) is 1. The van der Waals surface area contributed by atoms with Crippen LogP contribution < -0.4 is 5.32 Å². The molecule has 2 fully saturated rings. The van der Waals surface area contributed by atoms with Crippen LogP contribution in [0.25, 0.3) is 0 Å². The summed E-state index contributed by atoms with van der Waals surface area (Å²) in [5.74, 6) is 1.78. The summed E-state index contributed by atoms with van der Waals surface area (Å²) in [4.78, 5) is 21.2. The highest BCUT2D eigenvalue weighted by Crippen LogP contribution is 2.31. The Hall–Kier alpha value is -2.28. The molecule has 0 aromatic carbocycles. The molecule has 2 aliphatic rings. The smallest absolute Gasteiger partial charge is 0.274 e. The SMILES string of the molecule is Cn1nc(C2CCOCC2)cc1C(=O)Nc1cnc(CC2CC2)nc1. The van der Waals surface area contributed by atoms with Crippen LogP contribution in [0.5, 0.6) is 0 Å². The summed E-state index contributed by atoms with van der Waals surface area (Å²) >= 11 is 0. The van der Waals surface area contributed by atoms with Gasteiger partial charge in [0.15, 0.2) is 0 Å². The van der Waals surface area contributed by atoms with Crippen LogP contribution in [-0.2, 0) is 18.2 Å². The second kappa shape index (κ2) is 6.92. The first-order valence-electron chi connectivity index (χ1n) is 8.93. The lowest BCUT2D eigenvalue weighted by Gasteiger charge is -2.19. The molecule has 2 aromatic heterocycles. The van der Waals surface area contributed by atoms with E-state index >= 15 is 0 Å². The molecule has 0 bridgehead atoms. The molecule has 3 heterocycles. The van der Waals surface area contributed by atoms with Crippen molar-refractivity contribution in [3.8, 4) is 0 Å². The molecule has 4 rings (SSSR count). The van der Waals surface area contributed by atoms with Crippen LogP contribution in [0.4, 0.5) is 5.69 Å². The molecule has 0 spiro atoms. The molecular formula is C18H23N5O2. The van der Waals surface area contributed by atoms with Gasteiger partial charge in [-0.1, -0.05) is 0 Å². The van der Waals surface area contributed by atoms with Gasteiger partial charge in [0.05, 0.1) is 23.8 Å². The topological polar surface area (TPSA) is 81.9 Å². The Morgan fingerprint density at radius 2 is 1.96 bits per heavy atom. The number of ether oxygens (including phenoxy) is 1. The molecule has 7 nitrogen and oxygen atoms in total. The van der Waals surface area contributed by atoms with E-state index in [9.17, 15) is 4.79 Å². The number of amides is 1. The summed E-state index contributed by atoms with van der Waals surface area (Å²) in [5, 5.41) is 7.38. The summed E-state index contributed by atoms with van der Waals surface area (Å²) in [6.07, 6.45) is 8.75. The van der Waals surface area contributed by atoms with E-state index < -0.39 is 0 Å². The molecule has 1 aliphatic heterocycles. The van der Waals surface area contributed by atoms with Gasteiger partial charge in [-0.3, -0.25) is 9.48 Å². The van der Waals surface area contributed by atoms with Crippen molar-refractivity contribution < 1.29 is 9.53 Å². The molecule has 1 saturated carbocycles. The standard InChI is InChI=1S/C18H23N5O2/c1-23-16(9-15(22-23)13-4-6-25-7-5-13)18(24)21-14-10-19-17(20-11-14)8-12-2-3-12/h9-13H,2-8H2,1H3,(H,21,24). The minimum Gasteiger partial charge on any atom is -0.381 e. The lowest BCUT2D eigenvalue weighted by atomic mass is 9.96. The molecule has 132 valence electrons. The van der Waals surface area contributed by atoms with Crippen molar-refractivity contribution in [2.24, 2.45) is 13.0 Å². The normalized spacial score (nSPS) is 18.3. The monoisotopic (exact) mass is 341 g/mol. The van der Waals surface area contributed by atoms with Gasteiger partial charge in [-0.25, -0.2) is 9.97 Å². The molecule has 1 amide bonds. The molecule has 1 N–H and O–H groups in total. The van der Waals surface area contributed by atoms with Crippen molar-refractivity contribution in [2.75, 3.05) is 18.5 Å². The Kier molecular flexibility index (Phi) is 4.48. The number of aryl methyl sites for hydroxylation is 1. The maximum Gasteiger partial charge on any atom is 0.274 e. The Bertz CT molecular complexity index is 745. The van der Waals surface area contributed by atoms with Gasteiger partial charge in [0.2, 0.25) is 0 Å². The van der Waals surface area contributed by atoms with Gasteiger partial charge in [0.25, 0.3) is 5.91 Å². The minimum atomic E-state index is -0.188. The molecule has 0 radical (unpaired) electrons. The molecular weight excluding hydrogens is 318 g/mol. The highest BCUT2D eigenvalue weighted by atomic mass is 16.5. The van der Waals surface area contributed by atoms with Crippen LogP contribution >= 0.6 is 0 Å².